The maximum absolute atomic E-state index is 12.2. The van der Waals surface area contributed by atoms with Crippen molar-refractivity contribution in [2.75, 3.05) is 6.61 Å². The average molecular weight is 316 g/mol. The van der Waals surface area contributed by atoms with Crippen molar-refractivity contribution in [1.29, 1.82) is 0 Å². The molecule has 0 spiro atoms. The van der Waals surface area contributed by atoms with Crippen LogP contribution in [0.2, 0.25) is 0 Å². The second kappa shape index (κ2) is 7.37. The van der Waals surface area contributed by atoms with Crippen molar-refractivity contribution < 1.29 is 9.90 Å². The molecule has 0 radical (unpaired) electrons. The van der Waals surface area contributed by atoms with Gasteiger partial charge in [0.15, 0.2) is 0 Å². The van der Waals surface area contributed by atoms with E-state index in [-0.39, 0.29) is 24.4 Å². The molecule has 2 aromatic rings. The average Bonchev–Trinajstić information content (AvgIpc) is 2.94. The van der Waals surface area contributed by atoms with Crippen LogP contribution in [0.25, 0.3) is 5.69 Å². The molecule has 0 bridgehead atoms. The van der Waals surface area contributed by atoms with Crippen molar-refractivity contribution >= 4 is 5.91 Å². The van der Waals surface area contributed by atoms with Gasteiger partial charge in [-0.15, -0.1) is 5.10 Å². The van der Waals surface area contributed by atoms with E-state index in [1.54, 1.807) is 4.68 Å². The van der Waals surface area contributed by atoms with Gasteiger partial charge in [-0.3, -0.25) is 4.79 Å². The number of carbonyl (C=O) groups is 1. The Morgan fingerprint density at radius 3 is 2.65 bits per heavy atom. The van der Waals surface area contributed by atoms with Gasteiger partial charge in [-0.1, -0.05) is 39.0 Å². The fourth-order valence-corrected chi connectivity index (χ4v) is 2.41. The Morgan fingerprint density at radius 1 is 1.35 bits per heavy atom. The Kier molecular flexibility index (Phi) is 5.50. The highest BCUT2D eigenvalue weighted by atomic mass is 16.3. The van der Waals surface area contributed by atoms with E-state index >= 15 is 0 Å². The summed E-state index contributed by atoms with van der Waals surface area (Å²) >= 11 is 0. The highest BCUT2D eigenvalue weighted by Crippen LogP contribution is 2.23. The summed E-state index contributed by atoms with van der Waals surface area (Å²) in [5.41, 5.74) is 2.08. The van der Waals surface area contributed by atoms with Gasteiger partial charge < -0.3 is 10.4 Å². The number of amides is 1. The lowest BCUT2D eigenvalue weighted by Gasteiger charge is -2.13. The number of nitrogens with one attached hydrogen (secondary N) is 1. The number of aryl methyl sites for hydroxylation is 1. The lowest BCUT2D eigenvalue weighted by Crippen LogP contribution is -2.37. The fourth-order valence-electron chi connectivity index (χ4n) is 2.41. The van der Waals surface area contributed by atoms with E-state index < -0.39 is 0 Å². The molecule has 23 heavy (non-hydrogen) atoms. The van der Waals surface area contributed by atoms with E-state index in [0.717, 1.165) is 11.3 Å². The fraction of sp³-hybridized carbons (Fsp3) is 0.471. The van der Waals surface area contributed by atoms with Crippen LogP contribution in [-0.2, 0) is 0 Å². The van der Waals surface area contributed by atoms with Crippen LogP contribution in [0.5, 0.6) is 0 Å². The summed E-state index contributed by atoms with van der Waals surface area (Å²) in [5.74, 6) is 0.744. The topological polar surface area (TPSA) is 80.0 Å². The highest BCUT2D eigenvalue weighted by Gasteiger charge is 2.19. The standard InChI is InChI=1S/C17H24N4O2/c1-5-13(10-22)19-17(23)16-18-12(4)21(20-16)15-9-7-6-8-14(15)11(2)3/h6-9,11,13,22H,5,10H2,1-4H3,(H,19,23). The SMILES string of the molecule is CCC(CO)NC(=O)c1nc(C)n(-c2ccccc2C(C)C)n1. The van der Waals surface area contributed by atoms with Crippen molar-refractivity contribution in [3.8, 4) is 5.69 Å². The molecule has 124 valence electrons. The molecule has 0 saturated carbocycles. The molecule has 0 saturated heterocycles. The summed E-state index contributed by atoms with van der Waals surface area (Å²) in [6, 6.07) is 7.69. The zero-order valence-corrected chi connectivity index (χ0v) is 14.1. The largest absolute Gasteiger partial charge is 0.394 e. The number of aliphatic hydroxyl groups excluding tert-OH is 1. The quantitative estimate of drug-likeness (QED) is 0.856. The second-order valence-corrected chi connectivity index (χ2v) is 5.87. The Balaban J connectivity index is 2.34. The lowest BCUT2D eigenvalue weighted by molar-refractivity contribution is 0.0904. The van der Waals surface area contributed by atoms with Crippen LogP contribution in [0.4, 0.5) is 0 Å². The molecule has 0 aliphatic rings. The summed E-state index contributed by atoms with van der Waals surface area (Å²) in [6.45, 7) is 7.86. The Morgan fingerprint density at radius 2 is 2.04 bits per heavy atom. The van der Waals surface area contributed by atoms with Gasteiger partial charge in [0.1, 0.15) is 5.82 Å². The van der Waals surface area contributed by atoms with Crippen molar-refractivity contribution in [2.45, 2.75) is 46.1 Å². The van der Waals surface area contributed by atoms with Crippen LogP contribution >= 0.6 is 0 Å². The van der Waals surface area contributed by atoms with Gasteiger partial charge in [0.05, 0.1) is 18.3 Å². The molecule has 1 amide bonds. The van der Waals surface area contributed by atoms with Crippen molar-refractivity contribution in [3.05, 3.63) is 41.5 Å². The molecule has 1 unspecified atom stereocenters. The van der Waals surface area contributed by atoms with Crippen molar-refractivity contribution in [3.63, 3.8) is 0 Å². The Hall–Kier alpha value is -2.21. The van der Waals surface area contributed by atoms with Crippen molar-refractivity contribution in [2.24, 2.45) is 0 Å². The number of benzene rings is 1. The van der Waals surface area contributed by atoms with Gasteiger partial charge in [-0.05, 0) is 30.9 Å². The Labute approximate surface area is 136 Å². The third-order valence-electron chi connectivity index (χ3n) is 3.81. The summed E-state index contributed by atoms with van der Waals surface area (Å²) < 4.78 is 1.70. The number of aromatic nitrogens is 3. The number of carbonyl (C=O) groups excluding carboxylic acids is 1. The number of rotatable bonds is 6. The van der Waals surface area contributed by atoms with E-state index in [1.165, 1.54) is 0 Å². The first-order valence-corrected chi connectivity index (χ1v) is 7.92. The van der Waals surface area contributed by atoms with E-state index in [2.05, 4.69) is 35.3 Å². The van der Waals surface area contributed by atoms with E-state index in [4.69, 9.17) is 0 Å². The van der Waals surface area contributed by atoms with Crippen LogP contribution < -0.4 is 5.32 Å². The van der Waals surface area contributed by atoms with Crippen LogP contribution in [0.15, 0.2) is 24.3 Å². The predicted molar refractivity (Wildman–Crippen MR) is 88.8 cm³/mol. The molecule has 1 aromatic heterocycles. The number of nitrogens with zero attached hydrogens (tertiary/aromatic N) is 3. The van der Waals surface area contributed by atoms with E-state index in [0.29, 0.717) is 18.2 Å². The molecule has 6 heteroatoms. The van der Waals surface area contributed by atoms with Crippen molar-refractivity contribution in [1.82, 2.24) is 20.1 Å². The van der Waals surface area contributed by atoms with Crippen LogP contribution in [0, 0.1) is 6.92 Å². The van der Waals surface area contributed by atoms with Gasteiger partial charge in [-0.2, -0.15) is 0 Å². The summed E-state index contributed by atoms with van der Waals surface area (Å²) in [5, 5.41) is 16.3. The molecular weight excluding hydrogens is 292 g/mol. The molecule has 0 aliphatic heterocycles. The predicted octanol–water partition coefficient (Wildman–Crippen LogP) is 2.20. The summed E-state index contributed by atoms with van der Waals surface area (Å²) in [6.07, 6.45) is 0.651. The second-order valence-electron chi connectivity index (χ2n) is 5.87. The van der Waals surface area contributed by atoms with Gasteiger partial charge >= 0.3 is 0 Å². The minimum absolute atomic E-state index is 0.0991. The summed E-state index contributed by atoms with van der Waals surface area (Å²) in [4.78, 5) is 16.5. The maximum atomic E-state index is 12.2. The van der Waals surface area contributed by atoms with E-state index in [1.807, 2.05) is 32.0 Å². The molecule has 0 fully saturated rings. The minimum Gasteiger partial charge on any atom is -0.394 e. The monoisotopic (exact) mass is 316 g/mol. The zero-order valence-electron chi connectivity index (χ0n) is 14.1. The number of hydrogen-bond donors (Lipinski definition) is 2. The molecule has 2 N–H and O–H groups in total. The van der Waals surface area contributed by atoms with Gasteiger partial charge in [0, 0.05) is 0 Å². The number of aliphatic hydroxyl groups is 1. The first-order valence-electron chi connectivity index (χ1n) is 7.92. The first kappa shape index (κ1) is 17.1. The molecular formula is C17H24N4O2. The zero-order chi connectivity index (χ0) is 17.0. The third-order valence-corrected chi connectivity index (χ3v) is 3.81. The molecule has 2 rings (SSSR count). The lowest BCUT2D eigenvalue weighted by atomic mass is 10.0. The van der Waals surface area contributed by atoms with E-state index in [9.17, 15) is 9.90 Å². The number of hydrogen-bond acceptors (Lipinski definition) is 4. The van der Waals surface area contributed by atoms with Gasteiger partial charge in [0.2, 0.25) is 5.82 Å². The molecule has 0 aliphatic carbocycles. The number of para-hydroxylation sites is 1. The molecule has 1 atom stereocenters. The first-order chi connectivity index (χ1) is 11.0. The smallest absolute Gasteiger partial charge is 0.291 e. The summed E-state index contributed by atoms with van der Waals surface area (Å²) in [7, 11) is 0. The third kappa shape index (κ3) is 3.76. The highest BCUT2D eigenvalue weighted by molar-refractivity contribution is 5.90. The van der Waals surface area contributed by atoms with Crippen LogP contribution in [-0.4, -0.2) is 38.4 Å². The normalized spacial score (nSPS) is 12.4. The van der Waals surface area contributed by atoms with Gasteiger partial charge in [0.25, 0.3) is 5.91 Å². The van der Waals surface area contributed by atoms with Gasteiger partial charge in [-0.25, -0.2) is 9.67 Å². The molecule has 6 nitrogen and oxygen atoms in total. The Bertz CT molecular complexity index is 675. The molecule has 1 heterocycles. The molecule has 1 aromatic carbocycles. The van der Waals surface area contributed by atoms with Crippen LogP contribution in [0.1, 0.15) is 55.1 Å². The minimum atomic E-state index is -0.366. The maximum Gasteiger partial charge on any atom is 0.291 e. The van der Waals surface area contributed by atoms with Crippen LogP contribution in [0.3, 0.4) is 0 Å².